The molecule has 4 nitrogen and oxygen atoms in total. The fraction of sp³-hybridized carbons (Fsp3) is 0.455. The van der Waals surface area contributed by atoms with Crippen LogP contribution >= 0.6 is 0 Å². The third-order valence-electron chi connectivity index (χ3n) is 1.78. The lowest BCUT2D eigenvalue weighted by molar-refractivity contribution is -0.136. The molecule has 0 spiro atoms. The zero-order valence-electron chi connectivity index (χ0n) is 9.29. The fourth-order valence-electron chi connectivity index (χ4n) is 0.860. The van der Waals surface area contributed by atoms with Gasteiger partial charge in [0.2, 0.25) is 0 Å². The molecule has 0 saturated heterocycles. The molecule has 0 aromatic carbocycles. The molecule has 0 saturated carbocycles. The minimum atomic E-state index is -1.08. The largest absolute Gasteiger partial charge is 0.478 e. The monoisotopic (exact) mass is 212 g/mol. The molecule has 84 valence electrons. The Bertz CT molecular complexity index is 313. The van der Waals surface area contributed by atoms with E-state index in [4.69, 9.17) is 9.84 Å². The Labute approximate surface area is 89.2 Å². The van der Waals surface area contributed by atoms with E-state index in [1.165, 1.54) is 13.8 Å². The molecule has 0 bridgehead atoms. The fourth-order valence-corrected chi connectivity index (χ4v) is 0.860. The highest BCUT2D eigenvalue weighted by Gasteiger charge is 2.14. The molecule has 0 aromatic heterocycles. The highest BCUT2D eigenvalue weighted by Crippen LogP contribution is 2.14. The lowest BCUT2D eigenvalue weighted by Crippen LogP contribution is -2.10. The zero-order valence-corrected chi connectivity index (χ0v) is 9.29. The summed E-state index contributed by atoms with van der Waals surface area (Å²) in [5, 5.41) is 8.76. The summed E-state index contributed by atoms with van der Waals surface area (Å²) in [5.41, 5.74) is 0.313. The molecule has 0 aliphatic carbocycles. The van der Waals surface area contributed by atoms with Crippen LogP contribution in [0.15, 0.2) is 23.5 Å². The molecular formula is C11H16O4. The predicted molar refractivity (Wildman–Crippen MR) is 56.1 cm³/mol. The SMILES string of the molecule is C=C(C)C(=O)OC(CCC)=C(C)C(=O)O. The van der Waals surface area contributed by atoms with Crippen LogP contribution in [0.5, 0.6) is 0 Å². The minimum absolute atomic E-state index is 0.0615. The highest BCUT2D eigenvalue weighted by atomic mass is 16.5. The number of carboxylic acids is 1. The Morgan fingerprint density at radius 3 is 2.20 bits per heavy atom. The summed E-state index contributed by atoms with van der Waals surface area (Å²) in [5.74, 6) is -1.45. The average molecular weight is 212 g/mol. The standard InChI is InChI=1S/C11H16O4/c1-5-6-9(8(4)10(12)13)15-11(14)7(2)3/h2,5-6H2,1,3-4H3,(H,12,13). The Balaban J connectivity index is 4.83. The van der Waals surface area contributed by atoms with Gasteiger partial charge in [-0.3, -0.25) is 0 Å². The second kappa shape index (κ2) is 6.01. The number of hydrogen-bond acceptors (Lipinski definition) is 3. The van der Waals surface area contributed by atoms with E-state index in [2.05, 4.69) is 6.58 Å². The molecule has 0 amide bonds. The second-order valence-corrected chi connectivity index (χ2v) is 3.27. The van der Waals surface area contributed by atoms with Crippen molar-refractivity contribution in [1.82, 2.24) is 0 Å². The van der Waals surface area contributed by atoms with Gasteiger partial charge in [-0.2, -0.15) is 0 Å². The van der Waals surface area contributed by atoms with Crippen LogP contribution < -0.4 is 0 Å². The van der Waals surface area contributed by atoms with Crippen molar-refractivity contribution in [3.05, 3.63) is 23.5 Å². The van der Waals surface area contributed by atoms with Crippen molar-refractivity contribution >= 4 is 11.9 Å². The third-order valence-corrected chi connectivity index (χ3v) is 1.78. The van der Waals surface area contributed by atoms with Gasteiger partial charge in [-0.1, -0.05) is 13.5 Å². The van der Waals surface area contributed by atoms with Gasteiger partial charge in [0, 0.05) is 12.0 Å². The number of allylic oxidation sites excluding steroid dienone is 1. The van der Waals surface area contributed by atoms with Crippen molar-refractivity contribution in [2.45, 2.75) is 33.6 Å². The number of ether oxygens (including phenoxy) is 1. The summed E-state index contributed by atoms with van der Waals surface area (Å²) in [6.45, 7) is 8.24. The van der Waals surface area contributed by atoms with Crippen molar-refractivity contribution in [3.8, 4) is 0 Å². The topological polar surface area (TPSA) is 63.6 Å². The van der Waals surface area contributed by atoms with Crippen molar-refractivity contribution in [1.29, 1.82) is 0 Å². The van der Waals surface area contributed by atoms with Crippen LogP contribution in [-0.4, -0.2) is 17.0 Å². The summed E-state index contributed by atoms with van der Waals surface area (Å²) in [4.78, 5) is 21.9. The van der Waals surface area contributed by atoms with Crippen molar-refractivity contribution < 1.29 is 19.4 Å². The van der Waals surface area contributed by atoms with E-state index in [0.29, 0.717) is 12.8 Å². The van der Waals surface area contributed by atoms with Gasteiger partial charge in [-0.15, -0.1) is 0 Å². The number of hydrogen-bond donors (Lipinski definition) is 1. The van der Waals surface area contributed by atoms with E-state index < -0.39 is 11.9 Å². The van der Waals surface area contributed by atoms with Crippen LogP contribution in [0.25, 0.3) is 0 Å². The van der Waals surface area contributed by atoms with E-state index >= 15 is 0 Å². The zero-order chi connectivity index (χ0) is 12.0. The molecule has 0 aliphatic heterocycles. The average Bonchev–Trinajstić information content (AvgIpc) is 2.15. The van der Waals surface area contributed by atoms with Crippen molar-refractivity contribution in [2.75, 3.05) is 0 Å². The maximum Gasteiger partial charge on any atom is 0.338 e. The normalized spacial score (nSPS) is 11.7. The van der Waals surface area contributed by atoms with E-state index in [-0.39, 0.29) is 16.9 Å². The van der Waals surface area contributed by atoms with Crippen LogP contribution in [0, 0.1) is 0 Å². The Morgan fingerprint density at radius 1 is 1.33 bits per heavy atom. The maximum atomic E-state index is 11.2. The third kappa shape index (κ3) is 4.44. The number of carboxylic acid groups (broad SMARTS) is 1. The van der Waals surface area contributed by atoms with E-state index in [0.717, 1.165) is 0 Å². The first-order valence-electron chi connectivity index (χ1n) is 4.70. The Kier molecular flexibility index (Phi) is 5.37. The Hall–Kier alpha value is -1.58. The summed E-state index contributed by atoms with van der Waals surface area (Å²) in [7, 11) is 0. The van der Waals surface area contributed by atoms with Gasteiger partial charge in [0.1, 0.15) is 5.76 Å². The summed E-state index contributed by atoms with van der Waals surface area (Å²) < 4.78 is 4.94. The smallest absolute Gasteiger partial charge is 0.338 e. The van der Waals surface area contributed by atoms with Crippen LogP contribution in [0.2, 0.25) is 0 Å². The van der Waals surface area contributed by atoms with Crippen molar-refractivity contribution in [2.24, 2.45) is 0 Å². The first-order valence-corrected chi connectivity index (χ1v) is 4.70. The van der Waals surface area contributed by atoms with Crippen molar-refractivity contribution in [3.63, 3.8) is 0 Å². The summed E-state index contributed by atoms with van der Waals surface area (Å²) in [6, 6.07) is 0. The van der Waals surface area contributed by atoms with Gasteiger partial charge in [0.05, 0.1) is 5.57 Å². The van der Waals surface area contributed by atoms with E-state index in [1.807, 2.05) is 6.92 Å². The van der Waals surface area contributed by atoms with Gasteiger partial charge in [0.15, 0.2) is 0 Å². The lowest BCUT2D eigenvalue weighted by Gasteiger charge is -2.09. The van der Waals surface area contributed by atoms with E-state index in [9.17, 15) is 9.59 Å². The van der Waals surface area contributed by atoms with E-state index in [1.54, 1.807) is 0 Å². The molecule has 0 heterocycles. The molecule has 1 N–H and O–H groups in total. The van der Waals surface area contributed by atoms with Crippen LogP contribution in [0.1, 0.15) is 33.6 Å². The number of aliphatic carboxylic acids is 1. The van der Waals surface area contributed by atoms with Gasteiger partial charge >= 0.3 is 11.9 Å². The number of carbonyl (C=O) groups is 2. The molecule has 0 fully saturated rings. The molecule has 0 aromatic rings. The van der Waals surface area contributed by atoms with Gasteiger partial charge < -0.3 is 9.84 Å². The predicted octanol–water partition coefficient (Wildman–Crippen LogP) is 2.26. The van der Waals surface area contributed by atoms with Gasteiger partial charge in [0.25, 0.3) is 0 Å². The Morgan fingerprint density at radius 2 is 1.87 bits per heavy atom. The lowest BCUT2D eigenvalue weighted by atomic mass is 10.2. The molecule has 0 rings (SSSR count). The van der Waals surface area contributed by atoms with Crippen LogP contribution in [0.4, 0.5) is 0 Å². The molecule has 0 atom stereocenters. The minimum Gasteiger partial charge on any atom is -0.478 e. The molecule has 4 heteroatoms. The van der Waals surface area contributed by atoms with Gasteiger partial charge in [-0.05, 0) is 20.3 Å². The second-order valence-electron chi connectivity index (χ2n) is 3.27. The molecule has 0 aliphatic rings. The van der Waals surface area contributed by atoms with Crippen LogP contribution in [-0.2, 0) is 14.3 Å². The van der Waals surface area contributed by atoms with Gasteiger partial charge in [-0.25, -0.2) is 9.59 Å². The summed E-state index contributed by atoms with van der Waals surface area (Å²) in [6.07, 6.45) is 1.14. The first-order chi connectivity index (χ1) is 6.90. The molecular weight excluding hydrogens is 196 g/mol. The quantitative estimate of drug-likeness (QED) is 0.431. The maximum absolute atomic E-state index is 11.2. The highest BCUT2D eigenvalue weighted by molar-refractivity contribution is 5.90. The molecule has 0 radical (unpaired) electrons. The number of esters is 1. The number of rotatable bonds is 5. The summed E-state index contributed by atoms with van der Waals surface area (Å²) >= 11 is 0. The van der Waals surface area contributed by atoms with Crippen LogP contribution in [0.3, 0.4) is 0 Å². The number of carbonyl (C=O) groups excluding carboxylic acids is 1. The molecule has 15 heavy (non-hydrogen) atoms. The molecule has 0 unspecified atom stereocenters. The first kappa shape index (κ1) is 13.4.